The fourth-order valence-electron chi connectivity index (χ4n) is 2.22. The lowest BCUT2D eigenvalue weighted by Gasteiger charge is -2.37. The first-order valence-electron chi connectivity index (χ1n) is 7.79. The summed E-state index contributed by atoms with van der Waals surface area (Å²) in [4.78, 5) is 27.9. The van der Waals surface area contributed by atoms with Crippen LogP contribution in [0.1, 0.15) is 34.1 Å². The molecule has 1 fully saturated rings. The van der Waals surface area contributed by atoms with Gasteiger partial charge >= 0.3 is 0 Å². The van der Waals surface area contributed by atoms with E-state index in [1.165, 1.54) is 0 Å². The van der Waals surface area contributed by atoms with E-state index in [9.17, 15) is 9.59 Å². The summed E-state index contributed by atoms with van der Waals surface area (Å²) in [6.45, 7) is 11.8. The summed E-state index contributed by atoms with van der Waals surface area (Å²) >= 11 is 0. The smallest absolute Gasteiger partial charge is 0.240 e. The second kappa shape index (κ2) is 7.75. The number of rotatable bonds is 5. The van der Waals surface area contributed by atoms with Crippen LogP contribution in [0.25, 0.3) is 0 Å². The first kappa shape index (κ1) is 17.9. The quantitative estimate of drug-likeness (QED) is 0.750. The minimum Gasteiger partial charge on any atom is -0.355 e. The highest BCUT2D eigenvalue weighted by molar-refractivity contribution is 5.82. The first-order chi connectivity index (χ1) is 9.75. The van der Waals surface area contributed by atoms with E-state index in [2.05, 4.69) is 10.2 Å². The highest BCUT2D eigenvalue weighted by Crippen LogP contribution is 2.19. The van der Waals surface area contributed by atoms with Crippen molar-refractivity contribution in [3.63, 3.8) is 0 Å². The van der Waals surface area contributed by atoms with E-state index in [0.717, 1.165) is 26.1 Å². The van der Waals surface area contributed by atoms with Gasteiger partial charge in [-0.05, 0) is 11.8 Å². The number of carbonyl (C=O) groups excluding carboxylic acids is 2. The van der Waals surface area contributed by atoms with Crippen LogP contribution in [-0.2, 0) is 9.59 Å². The van der Waals surface area contributed by atoms with Crippen molar-refractivity contribution in [1.82, 2.24) is 15.1 Å². The summed E-state index contributed by atoms with van der Waals surface area (Å²) in [6.07, 6.45) is 0.943. The van der Waals surface area contributed by atoms with Crippen molar-refractivity contribution in [2.24, 2.45) is 11.1 Å². The molecule has 1 aliphatic rings. The number of piperazine rings is 1. The second-order valence-electron chi connectivity index (χ2n) is 6.80. The molecule has 2 amide bonds. The summed E-state index contributed by atoms with van der Waals surface area (Å²) in [5.74, 6) is 0.0700. The molecule has 0 saturated carbocycles. The van der Waals surface area contributed by atoms with E-state index in [4.69, 9.17) is 5.73 Å². The van der Waals surface area contributed by atoms with Gasteiger partial charge in [-0.3, -0.25) is 14.5 Å². The number of nitrogens with two attached hydrogens (primary N) is 1. The molecule has 0 aromatic carbocycles. The van der Waals surface area contributed by atoms with Crippen LogP contribution in [-0.4, -0.2) is 66.9 Å². The number of carbonyl (C=O) groups is 2. The Morgan fingerprint density at radius 1 is 1.19 bits per heavy atom. The van der Waals surface area contributed by atoms with Gasteiger partial charge in [-0.1, -0.05) is 27.7 Å². The molecule has 122 valence electrons. The molecule has 21 heavy (non-hydrogen) atoms. The van der Waals surface area contributed by atoms with Gasteiger partial charge < -0.3 is 16.0 Å². The lowest BCUT2D eigenvalue weighted by atomic mass is 9.86. The van der Waals surface area contributed by atoms with E-state index in [1.54, 1.807) is 0 Å². The van der Waals surface area contributed by atoms with Crippen LogP contribution in [0.2, 0.25) is 0 Å². The first-order valence-corrected chi connectivity index (χ1v) is 7.79. The Hall–Kier alpha value is -1.14. The molecule has 0 radical (unpaired) electrons. The van der Waals surface area contributed by atoms with Crippen molar-refractivity contribution in [3.8, 4) is 0 Å². The van der Waals surface area contributed by atoms with Crippen LogP contribution in [0.4, 0.5) is 0 Å². The van der Waals surface area contributed by atoms with E-state index < -0.39 is 6.04 Å². The highest BCUT2D eigenvalue weighted by atomic mass is 16.2. The molecule has 0 aromatic heterocycles. The molecule has 1 saturated heterocycles. The third kappa shape index (κ3) is 5.63. The summed E-state index contributed by atoms with van der Waals surface area (Å²) < 4.78 is 0. The zero-order valence-electron chi connectivity index (χ0n) is 13.8. The van der Waals surface area contributed by atoms with Gasteiger partial charge in [0.1, 0.15) is 0 Å². The Kier molecular flexibility index (Phi) is 6.61. The SMILES string of the molecule is CCCNC(=O)CN1CCN(C(=O)C(N)C(C)(C)C)CC1. The number of hydrogen-bond donors (Lipinski definition) is 2. The van der Waals surface area contributed by atoms with Crippen LogP contribution >= 0.6 is 0 Å². The largest absolute Gasteiger partial charge is 0.355 e. The average Bonchev–Trinajstić information content (AvgIpc) is 2.43. The van der Waals surface area contributed by atoms with Crippen molar-refractivity contribution < 1.29 is 9.59 Å². The molecule has 1 rings (SSSR count). The van der Waals surface area contributed by atoms with Crippen molar-refractivity contribution in [3.05, 3.63) is 0 Å². The number of nitrogens with one attached hydrogen (secondary N) is 1. The fraction of sp³-hybridized carbons (Fsp3) is 0.867. The summed E-state index contributed by atoms with van der Waals surface area (Å²) in [5.41, 5.74) is 5.80. The molecule has 0 aromatic rings. The van der Waals surface area contributed by atoms with Crippen LogP contribution in [0.3, 0.4) is 0 Å². The summed E-state index contributed by atoms with van der Waals surface area (Å²) in [6, 6.07) is -0.475. The molecule has 1 aliphatic heterocycles. The van der Waals surface area contributed by atoms with Gasteiger partial charge in [-0.2, -0.15) is 0 Å². The van der Waals surface area contributed by atoms with Gasteiger partial charge in [0.25, 0.3) is 0 Å². The fourth-order valence-corrected chi connectivity index (χ4v) is 2.22. The number of nitrogens with zero attached hydrogens (tertiary/aromatic N) is 2. The number of hydrogen-bond acceptors (Lipinski definition) is 4. The van der Waals surface area contributed by atoms with Crippen molar-refractivity contribution in [2.45, 2.75) is 40.2 Å². The normalized spacial score (nSPS) is 18.4. The van der Waals surface area contributed by atoms with Crippen molar-refractivity contribution in [2.75, 3.05) is 39.3 Å². The zero-order valence-corrected chi connectivity index (χ0v) is 13.8. The van der Waals surface area contributed by atoms with Crippen LogP contribution < -0.4 is 11.1 Å². The van der Waals surface area contributed by atoms with Crippen molar-refractivity contribution >= 4 is 11.8 Å². The van der Waals surface area contributed by atoms with Crippen LogP contribution in [0.5, 0.6) is 0 Å². The van der Waals surface area contributed by atoms with Gasteiger partial charge in [-0.15, -0.1) is 0 Å². The van der Waals surface area contributed by atoms with Crippen molar-refractivity contribution in [1.29, 1.82) is 0 Å². The zero-order chi connectivity index (χ0) is 16.0. The van der Waals surface area contributed by atoms with Crippen LogP contribution in [0, 0.1) is 5.41 Å². The summed E-state index contributed by atoms with van der Waals surface area (Å²) in [5, 5.41) is 2.87. The molecule has 0 aliphatic carbocycles. The monoisotopic (exact) mass is 298 g/mol. The minimum absolute atomic E-state index is 0.0117. The standard InChI is InChI=1S/C15H30N4O2/c1-5-6-17-12(20)11-18-7-9-19(10-8-18)14(21)13(16)15(2,3)4/h13H,5-11,16H2,1-4H3,(H,17,20). The second-order valence-corrected chi connectivity index (χ2v) is 6.80. The van der Waals surface area contributed by atoms with Gasteiger partial charge in [0.05, 0.1) is 12.6 Å². The molecule has 1 atom stereocenters. The lowest BCUT2D eigenvalue weighted by Crippen LogP contribution is -2.57. The highest BCUT2D eigenvalue weighted by Gasteiger charge is 2.32. The Balaban J connectivity index is 2.38. The molecular formula is C15H30N4O2. The maximum Gasteiger partial charge on any atom is 0.240 e. The van der Waals surface area contributed by atoms with E-state index in [1.807, 2.05) is 32.6 Å². The lowest BCUT2D eigenvalue weighted by molar-refractivity contribution is -0.136. The predicted molar refractivity (Wildman–Crippen MR) is 83.8 cm³/mol. The average molecular weight is 298 g/mol. The predicted octanol–water partition coefficient (Wildman–Crippen LogP) is 0.0302. The molecule has 0 bridgehead atoms. The third-order valence-electron chi connectivity index (χ3n) is 3.82. The summed E-state index contributed by atoms with van der Waals surface area (Å²) in [7, 11) is 0. The Bertz CT molecular complexity index is 357. The van der Waals surface area contributed by atoms with Gasteiger partial charge in [0.15, 0.2) is 0 Å². The molecule has 3 N–H and O–H groups in total. The Morgan fingerprint density at radius 2 is 1.76 bits per heavy atom. The van der Waals surface area contributed by atoms with Gasteiger partial charge in [0.2, 0.25) is 11.8 Å². The molecular weight excluding hydrogens is 268 g/mol. The van der Waals surface area contributed by atoms with E-state index >= 15 is 0 Å². The van der Waals surface area contributed by atoms with E-state index in [0.29, 0.717) is 19.6 Å². The maximum absolute atomic E-state index is 12.3. The van der Waals surface area contributed by atoms with E-state index in [-0.39, 0.29) is 17.2 Å². The topological polar surface area (TPSA) is 78.7 Å². The third-order valence-corrected chi connectivity index (χ3v) is 3.82. The molecule has 1 unspecified atom stereocenters. The minimum atomic E-state index is -0.475. The molecule has 0 spiro atoms. The van der Waals surface area contributed by atoms with Crippen LogP contribution in [0.15, 0.2) is 0 Å². The van der Waals surface area contributed by atoms with Gasteiger partial charge in [-0.25, -0.2) is 0 Å². The molecule has 6 nitrogen and oxygen atoms in total. The number of amides is 2. The maximum atomic E-state index is 12.3. The molecule has 1 heterocycles. The molecule has 6 heteroatoms. The Morgan fingerprint density at radius 3 is 2.24 bits per heavy atom. The Labute approximate surface area is 128 Å². The van der Waals surface area contributed by atoms with Gasteiger partial charge in [0, 0.05) is 32.7 Å².